The van der Waals surface area contributed by atoms with Crippen molar-refractivity contribution in [2.24, 2.45) is 0 Å². The summed E-state index contributed by atoms with van der Waals surface area (Å²) in [5, 5.41) is 0. The molecule has 3 rings (SSSR count). The van der Waals surface area contributed by atoms with E-state index in [1.54, 1.807) is 0 Å². The average molecular weight is 323 g/mol. The number of fused-ring (bicyclic) bond motifs is 1. The van der Waals surface area contributed by atoms with E-state index in [9.17, 15) is 8.42 Å². The monoisotopic (exact) mass is 323 g/mol. The van der Waals surface area contributed by atoms with E-state index in [1.807, 2.05) is 30.3 Å². The van der Waals surface area contributed by atoms with Crippen molar-refractivity contribution < 1.29 is 13.2 Å². The first kappa shape index (κ1) is 16.0. The van der Waals surface area contributed by atoms with Gasteiger partial charge in [-0.1, -0.05) is 43.2 Å². The zero-order valence-electron chi connectivity index (χ0n) is 13.0. The van der Waals surface area contributed by atoms with Gasteiger partial charge in [0, 0.05) is 19.1 Å². The molecule has 122 valence electrons. The molecule has 22 heavy (non-hydrogen) atoms. The summed E-state index contributed by atoms with van der Waals surface area (Å²) in [4.78, 5) is 2.34. The van der Waals surface area contributed by atoms with Crippen LogP contribution in [0.5, 0.6) is 0 Å². The lowest BCUT2D eigenvalue weighted by molar-refractivity contribution is -0.0859. The van der Waals surface area contributed by atoms with Crippen LogP contribution in [-0.2, 0) is 20.3 Å². The number of hydrogen-bond acceptors (Lipinski definition) is 4. The minimum atomic E-state index is -3.05. The summed E-state index contributed by atoms with van der Waals surface area (Å²) in [6, 6.07) is 9.87. The Balaban J connectivity index is 1.56. The Bertz CT molecular complexity index is 571. The van der Waals surface area contributed by atoms with Crippen LogP contribution in [0, 0.1) is 0 Å². The number of nitrogens with zero attached hydrogens (tertiary/aromatic N) is 1. The lowest BCUT2D eigenvalue weighted by atomic mass is 9.90. The highest BCUT2D eigenvalue weighted by Crippen LogP contribution is 2.28. The number of benzene rings is 1. The summed E-state index contributed by atoms with van der Waals surface area (Å²) in [5.74, 6) is 0.386. The van der Waals surface area contributed by atoms with Crippen LogP contribution in [0.4, 0.5) is 0 Å². The number of morpholine rings is 1. The zero-order valence-corrected chi connectivity index (χ0v) is 13.8. The first-order valence-corrected chi connectivity index (χ1v) is 10.1. The topological polar surface area (TPSA) is 46.6 Å². The van der Waals surface area contributed by atoms with E-state index in [2.05, 4.69) is 4.90 Å². The van der Waals surface area contributed by atoms with Crippen LogP contribution in [0.1, 0.15) is 31.2 Å². The highest BCUT2D eigenvalue weighted by atomic mass is 32.2. The van der Waals surface area contributed by atoms with Crippen molar-refractivity contribution in [2.45, 2.75) is 43.6 Å². The molecule has 0 spiro atoms. The number of rotatable bonds is 5. The molecule has 1 aromatic rings. The maximum Gasteiger partial charge on any atom is 0.155 e. The van der Waals surface area contributed by atoms with E-state index < -0.39 is 9.84 Å². The largest absolute Gasteiger partial charge is 0.375 e. The molecule has 2 aliphatic rings. The predicted octanol–water partition coefficient (Wildman–Crippen LogP) is 2.24. The first-order valence-electron chi connectivity index (χ1n) is 8.24. The molecule has 0 bridgehead atoms. The van der Waals surface area contributed by atoms with Crippen LogP contribution in [0.25, 0.3) is 0 Å². The molecule has 1 heterocycles. The molecule has 1 saturated heterocycles. The molecular formula is C17H25NO3S. The SMILES string of the molecule is O=S(=O)(CCN1CCO[C@H]2CCCC[C@@H]21)Cc1ccccc1. The highest BCUT2D eigenvalue weighted by molar-refractivity contribution is 7.90. The quantitative estimate of drug-likeness (QED) is 0.834. The van der Waals surface area contributed by atoms with Crippen molar-refractivity contribution in [1.29, 1.82) is 0 Å². The number of hydrogen-bond donors (Lipinski definition) is 0. The number of sulfone groups is 1. The molecule has 4 nitrogen and oxygen atoms in total. The van der Waals surface area contributed by atoms with Crippen LogP contribution >= 0.6 is 0 Å². The lowest BCUT2D eigenvalue weighted by Gasteiger charge is -2.43. The van der Waals surface area contributed by atoms with Crippen LogP contribution in [0.3, 0.4) is 0 Å². The van der Waals surface area contributed by atoms with Crippen molar-refractivity contribution in [3.05, 3.63) is 35.9 Å². The summed E-state index contributed by atoms with van der Waals surface area (Å²) < 4.78 is 30.5. The second kappa shape index (κ2) is 7.11. The van der Waals surface area contributed by atoms with Gasteiger partial charge in [-0.15, -0.1) is 0 Å². The Labute approximate surface area is 133 Å². The maximum absolute atomic E-state index is 12.3. The molecule has 1 aliphatic carbocycles. The molecule has 0 aromatic heterocycles. The summed E-state index contributed by atoms with van der Waals surface area (Å²) >= 11 is 0. The summed E-state index contributed by atoms with van der Waals surface area (Å²) in [7, 11) is -3.05. The predicted molar refractivity (Wildman–Crippen MR) is 87.5 cm³/mol. The molecule has 2 fully saturated rings. The minimum Gasteiger partial charge on any atom is -0.375 e. The fourth-order valence-corrected chi connectivity index (χ4v) is 4.97. The van der Waals surface area contributed by atoms with Gasteiger partial charge in [0.1, 0.15) is 0 Å². The Kier molecular flexibility index (Phi) is 5.16. The van der Waals surface area contributed by atoms with Gasteiger partial charge >= 0.3 is 0 Å². The third-order valence-corrected chi connectivity index (χ3v) is 6.34. The van der Waals surface area contributed by atoms with Crippen molar-refractivity contribution in [1.82, 2.24) is 4.90 Å². The van der Waals surface area contributed by atoms with E-state index in [-0.39, 0.29) is 11.5 Å². The molecule has 0 N–H and O–H groups in total. The van der Waals surface area contributed by atoms with Crippen LogP contribution in [-0.4, -0.2) is 50.9 Å². The fraction of sp³-hybridized carbons (Fsp3) is 0.647. The molecule has 0 amide bonds. The lowest BCUT2D eigenvalue weighted by Crippen LogP contribution is -2.53. The van der Waals surface area contributed by atoms with Crippen molar-refractivity contribution in [2.75, 3.05) is 25.4 Å². The Hall–Kier alpha value is -0.910. The normalized spacial score (nSPS) is 26.5. The van der Waals surface area contributed by atoms with Crippen molar-refractivity contribution >= 4 is 9.84 Å². The van der Waals surface area contributed by atoms with Crippen LogP contribution in [0.2, 0.25) is 0 Å². The van der Waals surface area contributed by atoms with Gasteiger partial charge in [-0.3, -0.25) is 4.90 Å². The van der Waals surface area contributed by atoms with Gasteiger partial charge in [0.2, 0.25) is 0 Å². The van der Waals surface area contributed by atoms with Crippen LogP contribution < -0.4 is 0 Å². The first-order chi connectivity index (χ1) is 10.6. The average Bonchev–Trinajstić information content (AvgIpc) is 2.53. The van der Waals surface area contributed by atoms with Gasteiger partial charge in [0.05, 0.1) is 24.2 Å². The second-order valence-electron chi connectivity index (χ2n) is 6.37. The molecule has 0 unspecified atom stereocenters. The third-order valence-electron chi connectivity index (χ3n) is 4.77. The Morgan fingerprint density at radius 3 is 2.73 bits per heavy atom. The summed E-state index contributed by atoms with van der Waals surface area (Å²) in [5.41, 5.74) is 0.875. The molecule has 0 radical (unpaired) electrons. The van der Waals surface area contributed by atoms with Gasteiger partial charge in [0.25, 0.3) is 0 Å². The fourth-order valence-electron chi connectivity index (χ4n) is 3.61. The smallest absolute Gasteiger partial charge is 0.155 e. The summed E-state index contributed by atoms with van der Waals surface area (Å²) in [6.07, 6.45) is 5.06. The zero-order chi connectivity index (χ0) is 15.4. The standard InChI is InChI=1S/C17H25NO3S/c19-22(20,14-15-6-2-1-3-7-15)13-11-18-10-12-21-17-9-5-4-8-16(17)18/h1-3,6-7,16-17H,4-5,8-14H2/t16-,17-/m0/s1. The molecule has 1 aliphatic heterocycles. The molecular weight excluding hydrogens is 298 g/mol. The van der Waals surface area contributed by atoms with Gasteiger partial charge in [-0.05, 0) is 18.4 Å². The van der Waals surface area contributed by atoms with Gasteiger partial charge < -0.3 is 4.74 Å². The Morgan fingerprint density at radius 1 is 1.14 bits per heavy atom. The minimum absolute atomic E-state index is 0.145. The highest BCUT2D eigenvalue weighted by Gasteiger charge is 2.34. The van der Waals surface area contributed by atoms with E-state index in [0.29, 0.717) is 18.7 Å². The van der Waals surface area contributed by atoms with Gasteiger partial charge in [-0.2, -0.15) is 0 Å². The van der Waals surface area contributed by atoms with Crippen LogP contribution in [0.15, 0.2) is 30.3 Å². The Morgan fingerprint density at radius 2 is 1.91 bits per heavy atom. The molecule has 1 aromatic carbocycles. The summed E-state index contributed by atoms with van der Waals surface area (Å²) in [6.45, 7) is 2.24. The second-order valence-corrected chi connectivity index (χ2v) is 8.56. The molecule has 2 atom stereocenters. The van der Waals surface area contributed by atoms with Crippen molar-refractivity contribution in [3.8, 4) is 0 Å². The maximum atomic E-state index is 12.3. The van der Waals surface area contributed by atoms with Gasteiger partial charge in [-0.25, -0.2) is 8.42 Å². The van der Waals surface area contributed by atoms with Crippen molar-refractivity contribution in [3.63, 3.8) is 0 Å². The third kappa shape index (κ3) is 4.09. The van der Waals surface area contributed by atoms with Gasteiger partial charge in [0.15, 0.2) is 9.84 Å². The molecule has 1 saturated carbocycles. The van der Waals surface area contributed by atoms with E-state index in [4.69, 9.17) is 4.74 Å². The van der Waals surface area contributed by atoms with E-state index in [0.717, 1.165) is 31.6 Å². The molecule has 5 heteroatoms. The van der Waals surface area contributed by atoms with E-state index >= 15 is 0 Å². The van der Waals surface area contributed by atoms with E-state index in [1.165, 1.54) is 12.8 Å². The number of ether oxygens (including phenoxy) is 1.